The minimum absolute atomic E-state index is 0.0826. The van der Waals surface area contributed by atoms with Gasteiger partial charge in [0.15, 0.2) is 5.78 Å². The molecule has 1 saturated heterocycles. The number of carbonyl (C=O) groups excluding carboxylic acids is 4. The van der Waals surface area contributed by atoms with E-state index in [1.807, 2.05) is 13.8 Å². The van der Waals surface area contributed by atoms with Crippen LogP contribution in [0.25, 0.3) is 0 Å². The number of rotatable bonds is 13. The maximum absolute atomic E-state index is 13.4. The highest BCUT2D eigenvalue weighted by atomic mass is 19.1. The van der Waals surface area contributed by atoms with Gasteiger partial charge in [-0.05, 0) is 49.8 Å². The minimum atomic E-state index is -0.756. The van der Waals surface area contributed by atoms with Crippen LogP contribution in [0, 0.1) is 23.6 Å². The third-order valence-electron chi connectivity index (χ3n) is 6.08. The number of halogens is 1. The van der Waals surface area contributed by atoms with Gasteiger partial charge in [-0.1, -0.05) is 32.1 Å². The van der Waals surface area contributed by atoms with E-state index in [0.29, 0.717) is 24.9 Å². The average Bonchev–Trinajstić information content (AvgIpc) is 3.22. The highest BCUT2D eigenvalue weighted by molar-refractivity contribution is 5.90. The average molecular weight is 490 g/mol. The van der Waals surface area contributed by atoms with Gasteiger partial charge in [0.05, 0.1) is 12.6 Å². The molecule has 35 heavy (non-hydrogen) atoms. The molecule has 1 fully saturated rings. The maximum Gasteiger partial charge on any atom is 0.330 e. The van der Waals surface area contributed by atoms with Crippen molar-refractivity contribution in [3.63, 3.8) is 0 Å². The summed E-state index contributed by atoms with van der Waals surface area (Å²) < 4.78 is 18.3. The summed E-state index contributed by atoms with van der Waals surface area (Å²) in [5.74, 6) is -2.85. The molecule has 1 aromatic rings. The van der Waals surface area contributed by atoms with Crippen LogP contribution < -0.4 is 16.4 Å². The third-order valence-corrected chi connectivity index (χ3v) is 6.08. The molecule has 1 aliphatic rings. The number of hydrogen-bond donors (Lipinski definition) is 3. The van der Waals surface area contributed by atoms with E-state index in [-0.39, 0.29) is 43.0 Å². The molecule has 4 unspecified atom stereocenters. The van der Waals surface area contributed by atoms with Crippen LogP contribution in [0.3, 0.4) is 0 Å². The Morgan fingerprint density at radius 2 is 1.94 bits per heavy atom. The van der Waals surface area contributed by atoms with Gasteiger partial charge in [-0.25, -0.2) is 9.18 Å². The fourth-order valence-corrected chi connectivity index (χ4v) is 3.96. The third kappa shape index (κ3) is 9.24. The quantitative estimate of drug-likeness (QED) is 0.287. The zero-order chi connectivity index (χ0) is 26.0. The van der Waals surface area contributed by atoms with Crippen molar-refractivity contribution in [3.8, 4) is 0 Å². The van der Waals surface area contributed by atoms with Gasteiger partial charge >= 0.3 is 5.97 Å². The van der Waals surface area contributed by atoms with Gasteiger partial charge in [-0.2, -0.15) is 0 Å². The van der Waals surface area contributed by atoms with Gasteiger partial charge in [0.25, 0.3) is 0 Å². The van der Waals surface area contributed by atoms with Crippen molar-refractivity contribution < 1.29 is 28.3 Å². The molecule has 0 bridgehead atoms. The van der Waals surface area contributed by atoms with E-state index < -0.39 is 35.7 Å². The molecule has 0 aromatic heterocycles. The number of ketones is 1. The zero-order valence-electron chi connectivity index (χ0n) is 20.6. The van der Waals surface area contributed by atoms with Gasteiger partial charge in [0.1, 0.15) is 5.82 Å². The molecule has 0 radical (unpaired) electrons. The second kappa shape index (κ2) is 13.7. The van der Waals surface area contributed by atoms with E-state index in [1.54, 1.807) is 19.1 Å². The van der Waals surface area contributed by atoms with Gasteiger partial charge in [0.2, 0.25) is 11.8 Å². The highest BCUT2D eigenvalue weighted by Crippen LogP contribution is 2.20. The van der Waals surface area contributed by atoms with Gasteiger partial charge in [-0.15, -0.1) is 0 Å². The van der Waals surface area contributed by atoms with Crippen LogP contribution in [0.15, 0.2) is 36.4 Å². The Labute approximate surface area is 205 Å². The number of ether oxygens (including phenoxy) is 1. The number of hydrogen-bond acceptors (Lipinski definition) is 6. The normalized spacial score (nSPS) is 18.2. The molecule has 8 nitrogen and oxygen atoms in total. The van der Waals surface area contributed by atoms with E-state index in [0.717, 1.165) is 0 Å². The Balaban J connectivity index is 2.22. The number of nitrogens with two attached hydrogens (primary N) is 1. The molecule has 1 heterocycles. The summed E-state index contributed by atoms with van der Waals surface area (Å²) in [6, 6.07) is 4.42. The number of carbonyl (C=O) groups is 4. The molecule has 4 N–H and O–H groups in total. The van der Waals surface area contributed by atoms with Crippen molar-refractivity contribution in [1.82, 2.24) is 10.6 Å². The predicted molar refractivity (Wildman–Crippen MR) is 129 cm³/mol. The number of amides is 2. The topological polar surface area (TPSA) is 128 Å². The number of nitrogens with one attached hydrogen (secondary N) is 2. The SMILES string of the molecule is CCOC(=O)C=CC(CC1CCNC1=O)NC(=O)C(CC(=O)C(N)C(C)C)Cc1ccc(F)cc1. The molecule has 1 aliphatic heterocycles. The summed E-state index contributed by atoms with van der Waals surface area (Å²) in [4.78, 5) is 50.0. The second-order valence-electron chi connectivity index (χ2n) is 9.21. The van der Waals surface area contributed by atoms with Crippen LogP contribution in [0.4, 0.5) is 4.39 Å². The molecule has 0 saturated carbocycles. The molecule has 2 rings (SSSR count). The zero-order valence-corrected chi connectivity index (χ0v) is 20.6. The monoisotopic (exact) mass is 489 g/mol. The fraction of sp³-hybridized carbons (Fsp3) is 0.538. The van der Waals surface area contributed by atoms with Crippen LogP contribution in [-0.2, 0) is 30.3 Å². The molecule has 0 aliphatic carbocycles. The van der Waals surface area contributed by atoms with Crippen molar-refractivity contribution >= 4 is 23.6 Å². The smallest absolute Gasteiger partial charge is 0.330 e. The van der Waals surface area contributed by atoms with E-state index in [4.69, 9.17) is 10.5 Å². The van der Waals surface area contributed by atoms with Crippen molar-refractivity contribution in [3.05, 3.63) is 47.8 Å². The van der Waals surface area contributed by atoms with Crippen LogP contribution in [0.5, 0.6) is 0 Å². The summed E-state index contributed by atoms with van der Waals surface area (Å²) in [5, 5.41) is 5.65. The van der Waals surface area contributed by atoms with E-state index in [2.05, 4.69) is 10.6 Å². The largest absolute Gasteiger partial charge is 0.463 e. The summed E-state index contributed by atoms with van der Waals surface area (Å²) in [6.45, 7) is 6.12. The minimum Gasteiger partial charge on any atom is -0.463 e. The van der Waals surface area contributed by atoms with Crippen LogP contribution >= 0.6 is 0 Å². The van der Waals surface area contributed by atoms with Crippen LogP contribution in [-0.4, -0.2) is 48.8 Å². The Hall–Kier alpha value is -3.07. The van der Waals surface area contributed by atoms with Crippen molar-refractivity contribution in [2.45, 2.75) is 58.5 Å². The number of esters is 1. The first-order chi connectivity index (χ1) is 16.6. The molecule has 9 heteroatoms. The lowest BCUT2D eigenvalue weighted by atomic mass is 9.88. The van der Waals surface area contributed by atoms with Crippen molar-refractivity contribution in [1.29, 1.82) is 0 Å². The lowest BCUT2D eigenvalue weighted by Gasteiger charge is -2.23. The molecular weight excluding hydrogens is 453 g/mol. The Morgan fingerprint density at radius 1 is 1.26 bits per heavy atom. The molecule has 1 aromatic carbocycles. The van der Waals surface area contributed by atoms with Crippen molar-refractivity contribution in [2.75, 3.05) is 13.2 Å². The molecule has 192 valence electrons. The Kier molecular flexibility index (Phi) is 11.0. The first-order valence-corrected chi connectivity index (χ1v) is 12.1. The van der Waals surface area contributed by atoms with Crippen molar-refractivity contribution in [2.24, 2.45) is 23.5 Å². The molecule has 2 amide bonds. The van der Waals surface area contributed by atoms with Gasteiger partial charge in [-0.3, -0.25) is 14.4 Å². The lowest BCUT2D eigenvalue weighted by molar-refractivity contribution is -0.137. The van der Waals surface area contributed by atoms with E-state index >= 15 is 0 Å². The van der Waals surface area contributed by atoms with Gasteiger partial charge in [0, 0.05) is 36.9 Å². The molecule has 0 spiro atoms. The predicted octanol–water partition coefficient (Wildman–Crippen LogP) is 2.06. The van der Waals surface area contributed by atoms with Crippen LogP contribution in [0.1, 0.15) is 45.6 Å². The van der Waals surface area contributed by atoms with Crippen LogP contribution in [0.2, 0.25) is 0 Å². The summed E-state index contributed by atoms with van der Waals surface area (Å²) in [5.41, 5.74) is 6.72. The summed E-state index contributed by atoms with van der Waals surface area (Å²) >= 11 is 0. The summed E-state index contributed by atoms with van der Waals surface area (Å²) in [6.07, 6.45) is 3.80. The fourth-order valence-electron chi connectivity index (χ4n) is 3.96. The molecule has 4 atom stereocenters. The lowest BCUT2D eigenvalue weighted by Crippen LogP contribution is -2.43. The van der Waals surface area contributed by atoms with E-state index in [1.165, 1.54) is 24.3 Å². The highest BCUT2D eigenvalue weighted by Gasteiger charge is 2.30. The standard InChI is InChI=1S/C26H36FN3O5/c1-4-35-23(32)10-9-21(14-18-11-12-29-25(18)33)30-26(34)19(15-22(31)24(28)16(2)3)13-17-5-7-20(27)8-6-17/h5-10,16,18-19,21,24H,4,11-15,28H2,1-3H3,(H,29,33)(H,30,34). The first kappa shape index (κ1) is 28.2. The second-order valence-corrected chi connectivity index (χ2v) is 9.21. The Morgan fingerprint density at radius 3 is 2.51 bits per heavy atom. The number of benzene rings is 1. The van der Waals surface area contributed by atoms with Gasteiger partial charge < -0.3 is 21.1 Å². The Bertz CT molecular complexity index is 916. The maximum atomic E-state index is 13.4. The number of Topliss-reactive ketones (excluding diaryl/α,β-unsaturated/α-hetero) is 1. The summed E-state index contributed by atoms with van der Waals surface area (Å²) in [7, 11) is 0. The molecular formula is C26H36FN3O5. The van der Waals surface area contributed by atoms with E-state index in [9.17, 15) is 23.6 Å². The first-order valence-electron chi connectivity index (χ1n) is 12.1.